The Bertz CT molecular complexity index is 879. The summed E-state index contributed by atoms with van der Waals surface area (Å²) in [5, 5.41) is 19.5. The van der Waals surface area contributed by atoms with Crippen LogP contribution in [0.3, 0.4) is 0 Å². The predicted octanol–water partition coefficient (Wildman–Crippen LogP) is -0.266. The average Bonchev–Trinajstić information content (AvgIpc) is 2.69. The second kappa shape index (κ2) is 5.13. The van der Waals surface area contributed by atoms with Gasteiger partial charge in [-0.25, -0.2) is 13.2 Å². The van der Waals surface area contributed by atoms with Gasteiger partial charge < -0.3 is 15.2 Å². The van der Waals surface area contributed by atoms with Crippen LogP contribution in [0.5, 0.6) is 0 Å². The van der Waals surface area contributed by atoms with Gasteiger partial charge in [0.05, 0.1) is 17.5 Å². The van der Waals surface area contributed by atoms with E-state index < -0.39 is 37.9 Å². The molecular weight excluding hydrogens is 338 g/mol. The molecule has 3 heterocycles. The van der Waals surface area contributed by atoms with Crippen molar-refractivity contribution in [2.24, 2.45) is 5.16 Å². The summed E-state index contributed by atoms with van der Waals surface area (Å²) in [6, 6.07) is 3.26. The molecular formula is C14H13N3O6S. The van der Waals surface area contributed by atoms with Crippen LogP contribution in [0.15, 0.2) is 35.1 Å². The third-order valence-corrected chi connectivity index (χ3v) is 6.89. The molecule has 2 saturated heterocycles. The number of aromatic nitrogens is 1. The quantitative estimate of drug-likeness (QED) is 0.251. The molecule has 1 aromatic rings. The van der Waals surface area contributed by atoms with Gasteiger partial charge in [-0.1, -0.05) is 6.07 Å². The van der Waals surface area contributed by atoms with Crippen molar-refractivity contribution >= 4 is 34.0 Å². The van der Waals surface area contributed by atoms with Gasteiger partial charge in [0.25, 0.3) is 5.91 Å². The molecule has 0 spiro atoms. The van der Waals surface area contributed by atoms with Crippen LogP contribution in [0.4, 0.5) is 0 Å². The smallest absolute Gasteiger partial charge is 0.328 e. The van der Waals surface area contributed by atoms with E-state index in [1.165, 1.54) is 12.3 Å². The van der Waals surface area contributed by atoms with Crippen LogP contribution in [0.1, 0.15) is 12.6 Å². The summed E-state index contributed by atoms with van der Waals surface area (Å²) in [6.45, 7) is 1.12. The van der Waals surface area contributed by atoms with Crippen molar-refractivity contribution in [2.45, 2.75) is 23.1 Å². The normalized spacial score (nSPS) is 32.8. The summed E-state index contributed by atoms with van der Waals surface area (Å²) in [4.78, 5) is 28.7. The van der Waals surface area contributed by atoms with Gasteiger partial charge in [0.2, 0.25) is 0 Å². The van der Waals surface area contributed by atoms with E-state index >= 15 is 0 Å². The van der Waals surface area contributed by atoms with Crippen molar-refractivity contribution < 1.29 is 28.3 Å². The molecule has 3 atom stereocenters. The van der Waals surface area contributed by atoms with E-state index in [0.29, 0.717) is 11.9 Å². The highest BCUT2D eigenvalue weighted by atomic mass is 32.2. The van der Waals surface area contributed by atoms with E-state index in [2.05, 4.69) is 10.1 Å². The maximum atomic E-state index is 12.8. The fourth-order valence-electron chi connectivity index (χ4n) is 3.06. The molecule has 0 bridgehead atoms. The fraction of sp³-hybridized carbons (Fsp3) is 0.286. The summed E-state index contributed by atoms with van der Waals surface area (Å²) in [5.41, 5.74) is 0.321. The number of carbonyl (C=O) groups excluding carboxylic acids is 1. The first-order chi connectivity index (χ1) is 11.3. The van der Waals surface area contributed by atoms with E-state index in [0.717, 1.165) is 11.8 Å². The zero-order valence-corrected chi connectivity index (χ0v) is 13.2. The van der Waals surface area contributed by atoms with Gasteiger partial charge in [0, 0.05) is 6.20 Å². The van der Waals surface area contributed by atoms with Crippen LogP contribution >= 0.6 is 0 Å². The van der Waals surface area contributed by atoms with E-state index in [9.17, 15) is 23.1 Å². The molecule has 1 aromatic heterocycles. The molecule has 0 radical (unpaired) electrons. The van der Waals surface area contributed by atoms with E-state index in [4.69, 9.17) is 5.21 Å². The van der Waals surface area contributed by atoms with E-state index in [1.807, 2.05) is 0 Å². The Kier molecular flexibility index (Phi) is 3.44. The lowest BCUT2D eigenvalue weighted by Crippen LogP contribution is -2.59. The lowest BCUT2D eigenvalue weighted by atomic mass is 9.94. The standard InChI is InChI=1S/C14H13N3O6S/c1-14(7-16-21)10(13(19)20)17-11(18)9(12(17)24(14,22)23)6-8-4-2-3-5-15-8/h2-7,10,12,21H,1H3,(H,19,20)/b9-6-,16-7+/t10-,12+,14-/m0/s1. The number of aliphatic carboxylic acids is 1. The minimum atomic E-state index is -4.17. The number of amides is 1. The van der Waals surface area contributed by atoms with Gasteiger partial charge in [-0.3, -0.25) is 9.78 Å². The zero-order valence-electron chi connectivity index (χ0n) is 12.4. The Morgan fingerprint density at radius 3 is 2.71 bits per heavy atom. The van der Waals surface area contributed by atoms with Crippen molar-refractivity contribution in [2.75, 3.05) is 0 Å². The molecule has 0 unspecified atom stereocenters. The van der Waals surface area contributed by atoms with Gasteiger partial charge >= 0.3 is 5.97 Å². The topological polar surface area (TPSA) is 137 Å². The number of hydrogen-bond acceptors (Lipinski definition) is 7. The van der Waals surface area contributed by atoms with Crippen molar-refractivity contribution in [1.29, 1.82) is 0 Å². The number of rotatable bonds is 3. The first kappa shape index (κ1) is 16.1. The molecule has 3 rings (SSSR count). The van der Waals surface area contributed by atoms with Gasteiger partial charge in [0.15, 0.2) is 21.3 Å². The average molecular weight is 351 g/mol. The lowest BCUT2D eigenvalue weighted by molar-refractivity contribution is -0.152. The third kappa shape index (κ3) is 1.89. The van der Waals surface area contributed by atoms with Crippen LogP contribution in [-0.2, 0) is 19.4 Å². The number of carboxylic acid groups (broad SMARTS) is 1. The Morgan fingerprint density at radius 1 is 1.46 bits per heavy atom. The molecule has 0 saturated carbocycles. The maximum Gasteiger partial charge on any atom is 0.328 e. The minimum Gasteiger partial charge on any atom is -0.480 e. The number of carbonyl (C=O) groups is 2. The number of hydrogen-bond donors (Lipinski definition) is 2. The molecule has 126 valence electrons. The fourth-order valence-corrected chi connectivity index (χ4v) is 5.28. The second-order valence-electron chi connectivity index (χ2n) is 5.63. The first-order valence-electron chi connectivity index (χ1n) is 6.86. The highest BCUT2D eigenvalue weighted by molar-refractivity contribution is 7.94. The van der Waals surface area contributed by atoms with Crippen LogP contribution in [-0.4, -0.2) is 62.9 Å². The summed E-state index contributed by atoms with van der Waals surface area (Å²) < 4.78 is 23.6. The Labute approximate surface area is 136 Å². The van der Waals surface area contributed by atoms with Crippen molar-refractivity contribution in [3.63, 3.8) is 0 Å². The maximum absolute atomic E-state index is 12.8. The van der Waals surface area contributed by atoms with Crippen LogP contribution in [0, 0.1) is 0 Å². The number of sulfone groups is 1. The molecule has 2 aliphatic heterocycles. The zero-order chi connectivity index (χ0) is 17.7. The Hall–Kier alpha value is -2.75. The van der Waals surface area contributed by atoms with Gasteiger partial charge in [-0.15, -0.1) is 5.16 Å². The number of pyridine rings is 1. The van der Waals surface area contributed by atoms with Crippen molar-refractivity contribution in [1.82, 2.24) is 9.88 Å². The number of nitrogens with zero attached hydrogens (tertiary/aromatic N) is 3. The minimum absolute atomic E-state index is 0.0602. The first-order valence-corrected chi connectivity index (χ1v) is 8.40. The summed E-state index contributed by atoms with van der Waals surface area (Å²) in [6.07, 6.45) is 3.45. The number of oxime groups is 1. The molecule has 0 aliphatic carbocycles. The molecule has 2 fully saturated rings. The second-order valence-corrected chi connectivity index (χ2v) is 8.05. The van der Waals surface area contributed by atoms with E-state index in [1.54, 1.807) is 18.2 Å². The van der Waals surface area contributed by atoms with Crippen LogP contribution < -0.4 is 0 Å². The number of fused-ring (bicyclic) bond motifs is 1. The van der Waals surface area contributed by atoms with Gasteiger partial charge in [-0.05, 0) is 25.1 Å². The predicted molar refractivity (Wildman–Crippen MR) is 81.9 cm³/mol. The van der Waals surface area contributed by atoms with Crippen molar-refractivity contribution in [3.8, 4) is 0 Å². The SMILES string of the molecule is C[C@]1(/C=N/O)[C@H](C(=O)O)N2C(=O)/C(=C/c3ccccn3)[C@H]2S1(=O)=O. The molecule has 2 N–H and O–H groups in total. The molecule has 24 heavy (non-hydrogen) atoms. The third-order valence-electron chi connectivity index (χ3n) is 4.27. The summed E-state index contributed by atoms with van der Waals surface area (Å²) in [7, 11) is -4.17. The number of β-lactam (4-membered cyclic amide) rings is 1. The summed E-state index contributed by atoms with van der Waals surface area (Å²) in [5.74, 6) is -2.19. The molecule has 9 nitrogen and oxygen atoms in total. The number of carboxylic acids is 1. The molecule has 0 aromatic carbocycles. The Morgan fingerprint density at radius 2 is 2.17 bits per heavy atom. The molecule has 2 aliphatic rings. The lowest BCUT2D eigenvalue weighted by Gasteiger charge is -2.37. The van der Waals surface area contributed by atoms with Crippen molar-refractivity contribution in [3.05, 3.63) is 35.7 Å². The summed E-state index contributed by atoms with van der Waals surface area (Å²) >= 11 is 0. The van der Waals surface area contributed by atoms with E-state index in [-0.39, 0.29) is 5.57 Å². The molecule has 1 amide bonds. The van der Waals surface area contributed by atoms with Crippen LogP contribution in [0.2, 0.25) is 0 Å². The highest BCUT2D eigenvalue weighted by Gasteiger charge is 2.71. The Balaban J connectivity index is 2.15. The molecule has 10 heteroatoms. The highest BCUT2D eigenvalue weighted by Crippen LogP contribution is 2.48. The largest absolute Gasteiger partial charge is 0.480 e. The van der Waals surface area contributed by atoms with Gasteiger partial charge in [0.1, 0.15) is 4.75 Å². The van der Waals surface area contributed by atoms with Gasteiger partial charge in [-0.2, -0.15) is 0 Å². The monoisotopic (exact) mass is 351 g/mol. The van der Waals surface area contributed by atoms with Crippen LogP contribution in [0.25, 0.3) is 6.08 Å².